The molecule has 2 aromatic rings. The first-order chi connectivity index (χ1) is 10.8. The van der Waals surface area contributed by atoms with Gasteiger partial charge in [-0.05, 0) is 18.6 Å². The van der Waals surface area contributed by atoms with Crippen molar-refractivity contribution in [3.05, 3.63) is 24.4 Å². The minimum Gasteiger partial charge on any atom is -0.493 e. The highest BCUT2D eigenvalue weighted by molar-refractivity contribution is 5.96. The number of nitrogen functional groups attached to an aromatic ring is 1. The smallest absolute Gasteiger partial charge is 0.170 e. The van der Waals surface area contributed by atoms with E-state index in [0.29, 0.717) is 18.0 Å². The van der Waals surface area contributed by atoms with Crippen molar-refractivity contribution in [3.63, 3.8) is 0 Å². The lowest BCUT2D eigenvalue weighted by Gasteiger charge is -2.14. The highest BCUT2D eigenvalue weighted by atomic mass is 16.5. The van der Waals surface area contributed by atoms with Crippen molar-refractivity contribution in [3.8, 4) is 11.5 Å². The Morgan fingerprint density at radius 3 is 2.68 bits per heavy atom. The number of aromatic nitrogens is 1. The van der Waals surface area contributed by atoms with E-state index in [1.165, 1.54) is 32.1 Å². The van der Waals surface area contributed by atoms with Gasteiger partial charge in [0, 0.05) is 17.6 Å². The molecular formula is C18H26N2O2. The normalized spacial score (nSPS) is 10.8. The summed E-state index contributed by atoms with van der Waals surface area (Å²) in [6.07, 6.45) is 9.18. The topological polar surface area (TPSA) is 57.4 Å². The van der Waals surface area contributed by atoms with Crippen molar-refractivity contribution in [2.24, 2.45) is 0 Å². The molecule has 2 rings (SSSR count). The molecule has 0 saturated carbocycles. The molecule has 120 valence electrons. The average molecular weight is 302 g/mol. The van der Waals surface area contributed by atoms with Crippen molar-refractivity contribution in [1.29, 1.82) is 0 Å². The molecule has 0 radical (unpaired) electrons. The number of fused-ring (bicyclic) bond motifs is 1. The van der Waals surface area contributed by atoms with Crippen LogP contribution in [-0.2, 0) is 0 Å². The first kappa shape index (κ1) is 16.4. The zero-order chi connectivity index (χ0) is 15.8. The lowest BCUT2D eigenvalue weighted by Crippen LogP contribution is -2.02. The second kappa shape index (κ2) is 8.47. The lowest BCUT2D eigenvalue weighted by molar-refractivity contribution is 0.288. The highest BCUT2D eigenvalue weighted by Gasteiger charge is 2.13. The van der Waals surface area contributed by atoms with Gasteiger partial charge in [0.05, 0.1) is 24.9 Å². The van der Waals surface area contributed by atoms with E-state index >= 15 is 0 Å². The Labute approximate surface area is 132 Å². The van der Waals surface area contributed by atoms with Crippen LogP contribution in [0.2, 0.25) is 0 Å². The number of ether oxygens (including phenoxy) is 2. The predicted octanol–water partition coefficient (Wildman–Crippen LogP) is 4.56. The molecule has 0 bridgehead atoms. The van der Waals surface area contributed by atoms with Gasteiger partial charge in [0.2, 0.25) is 0 Å². The van der Waals surface area contributed by atoms with Crippen LogP contribution >= 0.6 is 0 Å². The van der Waals surface area contributed by atoms with Crippen LogP contribution in [0.1, 0.15) is 45.4 Å². The molecule has 1 aromatic heterocycles. The molecule has 0 aliphatic heterocycles. The van der Waals surface area contributed by atoms with E-state index in [9.17, 15) is 0 Å². The number of pyridine rings is 1. The number of unbranched alkanes of at least 4 members (excludes halogenated alkanes) is 5. The van der Waals surface area contributed by atoms with Crippen LogP contribution in [-0.4, -0.2) is 18.7 Å². The third-order valence-electron chi connectivity index (χ3n) is 3.80. The minimum atomic E-state index is 0.611. The Hall–Kier alpha value is -1.97. The monoisotopic (exact) mass is 302 g/mol. The quantitative estimate of drug-likeness (QED) is 0.544. The Bertz CT molecular complexity index is 599. The molecule has 0 aliphatic carbocycles. The van der Waals surface area contributed by atoms with Gasteiger partial charge < -0.3 is 15.2 Å². The van der Waals surface area contributed by atoms with E-state index in [1.54, 1.807) is 19.4 Å². The molecule has 0 atom stereocenters. The summed E-state index contributed by atoms with van der Waals surface area (Å²) < 4.78 is 11.4. The van der Waals surface area contributed by atoms with Gasteiger partial charge in [0.1, 0.15) is 0 Å². The average Bonchev–Trinajstić information content (AvgIpc) is 2.55. The van der Waals surface area contributed by atoms with Crippen LogP contribution in [0.5, 0.6) is 11.5 Å². The van der Waals surface area contributed by atoms with E-state index in [4.69, 9.17) is 15.2 Å². The summed E-state index contributed by atoms with van der Waals surface area (Å²) in [6.45, 7) is 2.92. The fourth-order valence-electron chi connectivity index (χ4n) is 2.58. The summed E-state index contributed by atoms with van der Waals surface area (Å²) in [5, 5.41) is 0.908. The van der Waals surface area contributed by atoms with Crippen LogP contribution < -0.4 is 15.2 Å². The van der Waals surface area contributed by atoms with E-state index < -0.39 is 0 Å². The summed E-state index contributed by atoms with van der Waals surface area (Å²) in [6, 6.07) is 5.64. The highest BCUT2D eigenvalue weighted by Crippen LogP contribution is 2.38. The van der Waals surface area contributed by atoms with Crippen LogP contribution in [0, 0.1) is 0 Å². The van der Waals surface area contributed by atoms with Crippen molar-refractivity contribution >= 4 is 16.6 Å². The van der Waals surface area contributed by atoms with Crippen molar-refractivity contribution in [2.45, 2.75) is 45.4 Å². The molecule has 1 heterocycles. The molecule has 0 spiro atoms. The number of nitrogens with two attached hydrogens (primary N) is 1. The number of rotatable bonds is 9. The largest absolute Gasteiger partial charge is 0.493 e. The van der Waals surface area contributed by atoms with Gasteiger partial charge in [-0.25, -0.2) is 0 Å². The Kier molecular flexibility index (Phi) is 6.31. The second-order valence-corrected chi connectivity index (χ2v) is 5.51. The number of methoxy groups -OCH3 is 1. The summed E-state index contributed by atoms with van der Waals surface area (Å²) in [5.41, 5.74) is 7.40. The Morgan fingerprint density at radius 1 is 1.14 bits per heavy atom. The molecule has 4 nitrogen and oxygen atoms in total. The number of anilines is 1. The third-order valence-corrected chi connectivity index (χ3v) is 3.80. The molecule has 4 heteroatoms. The van der Waals surface area contributed by atoms with Gasteiger partial charge in [0.15, 0.2) is 11.5 Å². The van der Waals surface area contributed by atoms with Crippen LogP contribution in [0.4, 0.5) is 5.69 Å². The fourth-order valence-corrected chi connectivity index (χ4v) is 2.58. The summed E-state index contributed by atoms with van der Waals surface area (Å²) >= 11 is 0. The van der Waals surface area contributed by atoms with E-state index in [0.717, 1.165) is 23.1 Å². The van der Waals surface area contributed by atoms with Crippen molar-refractivity contribution in [1.82, 2.24) is 4.98 Å². The van der Waals surface area contributed by atoms with Gasteiger partial charge in [-0.2, -0.15) is 0 Å². The molecule has 0 aliphatic rings. The maximum Gasteiger partial charge on any atom is 0.170 e. The zero-order valence-corrected chi connectivity index (χ0v) is 13.6. The van der Waals surface area contributed by atoms with E-state index in [-0.39, 0.29) is 0 Å². The van der Waals surface area contributed by atoms with E-state index in [2.05, 4.69) is 11.9 Å². The Balaban J connectivity index is 2.02. The SMILES string of the molecule is CCCCCCCCOc1c(OC)cc(N)c2ncccc12. The van der Waals surface area contributed by atoms with Crippen LogP contribution in [0.3, 0.4) is 0 Å². The Morgan fingerprint density at radius 2 is 1.91 bits per heavy atom. The molecule has 0 fully saturated rings. The zero-order valence-electron chi connectivity index (χ0n) is 13.6. The molecule has 1 aromatic carbocycles. The molecule has 0 amide bonds. The lowest BCUT2D eigenvalue weighted by atomic mass is 10.1. The maximum absolute atomic E-state index is 6.03. The molecular weight excluding hydrogens is 276 g/mol. The third kappa shape index (κ3) is 4.03. The first-order valence-corrected chi connectivity index (χ1v) is 8.12. The standard InChI is InChI=1S/C18H26N2O2/c1-3-4-5-6-7-8-12-22-18-14-10-9-11-20-17(14)15(19)13-16(18)21-2/h9-11,13H,3-8,12,19H2,1-2H3. The molecule has 22 heavy (non-hydrogen) atoms. The van der Waals surface area contributed by atoms with Gasteiger partial charge in [-0.1, -0.05) is 39.0 Å². The fraction of sp³-hybridized carbons (Fsp3) is 0.500. The van der Waals surface area contributed by atoms with Crippen LogP contribution in [0.25, 0.3) is 10.9 Å². The number of nitrogens with zero attached hydrogens (tertiary/aromatic N) is 1. The van der Waals surface area contributed by atoms with Gasteiger partial charge in [-0.3, -0.25) is 4.98 Å². The second-order valence-electron chi connectivity index (χ2n) is 5.51. The summed E-state index contributed by atoms with van der Waals surface area (Å²) in [5.74, 6) is 1.41. The summed E-state index contributed by atoms with van der Waals surface area (Å²) in [7, 11) is 1.63. The van der Waals surface area contributed by atoms with Gasteiger partial charge in [0.25, 0.3) is 0 Å². The van der Waals surface area contributed by atoms with E-state index in [1.807, 2.05) is 12.1 Å². The number of benzene rings is 1. The van der Waals surface area contributed by atoms with Crippen LogP contribution in [0.15, 0.2) is 24.4 Å². The number of hydrogen-bond donors (Lipinski definition) is 1. The first-order valence-electron chi connectivity index (χ1n) is 8.12. The number of hydrogen-bond acceptors (Lipinski definition) is 4. The van der Waals surface area contributed by atoms with Crippen molar-refractivity contribution in [2.75, 3.05) is 19.5 Å². The van der Waals surface area contributed by atoms with Gasteiger partial charge in [-0.15, -0.1) is 0 Å². The molecule has 0 unspecified atom stereocenters. The molecule has 2 N–H and O–H groups in total. The minimum absolute atomic E-state index is 0.611. The van der Waals surface area contributed by atoms with Gasteiger partial charge >= 0.3 is 0 Å². The molecule has 0 saturated heterocycles. The van der Waals surface area contributed by atoms with Crippen molar-refractivity contribution < 1.29 is 9.47 Å². The summed E-state index contributed by atoms with van der Waals surface area (Å²) in [4.78, 5) is 4.33. The predicted molar refractivity (Wildman–Crippen MR) is 91.6 cm³/mol. The maximum atomic E-state index is 6.03.